The van der Waals surface area contributed by atoms with Gasteiger partial charge in [0, 0.05) is 6.61 Å². The Morgan fingerprint density at radius 1 is 1.58 bits per heavy atom. The van der Waals surface area contributed by atoms with Gasteiger partial charge < -0.3 is 20.5 Å². The number of carboxylic acid groups (broad SMARTS) is 1. The molecule has 1 aliphatic heterocycles. The summed E-state index contributed by atoms with van der Waals surface area (Å²) >= 11 is 1.55. The second kappa shape index (κ2) is 7.00. The molecule has 0 bridgehead atoms. The molecule has 1 aliphatic rings. The van der Waals surface area contributed by atoms with E-state index < -0.39 is 23.6 Å². The van der Waals surface area contributed by atoms with Crippen molar-refractivity contribution in [3.63, 3.8) is 0 Å². The number of ether oxygens (including phenoxy) is 1. The topological polar surface area (TPSA) is 87.7 Å². The van der Waals surface area contributed by atoms with Gasteiger partial charge in [0.2, 0.25) is 0 Å². The van der Waals surface area contributed by atoms with E-state index >= 15 is 0 Å². The maximum atomic E-state index is 11.9. The van der Waals surface area contributed by atoms with Crippen LogP contribution in [0.25, 0.3) is 0 Å². The lowest BCUT2D eigenvalue weighted by Crippen LogP contribution is -2.56. The molecule has 1 saturated heterocycles. The number of urea groups is 1. The maximum Gasteiger partial charge on any atom is 0.326 e. The first-order valence-corrected chi connectivity index (χ1v) is 7.70. The highest BCUT2D eigenvalue weighted by molar-refractivity contribution is 7.98. The highest BCUT2D eigenvalue weighted by atomic mass is 32.2. The fraction of sp³-hybridized carbons (Fsp3) is 0.833. The number of amides is 2. The number of carbonyl (C=O) groups excluding carboxylic acids is 1. The van der Waals surface area contributed by atoms with Gasteiger partial charge in [-0.2, -0.15) is 11.8 Å². The minimum atomic E-state index is -1.01. The van der Waals surface area contributed by atoms with E-state index in [0.717, 1.165) is 6.42 Å². The zero-order chi connectivity index (χ0) is 14.5. The summed E-state index contributed by atoms with van der Waals surface area (Å²) < 4.78 is 5.42. The second-order valence-electron chi connectivity index (χ2n) is 4.95. The fourth-order valence-corrected chi connectivity index (χ4v) is 2.42. The van der Waals surface area contributed by atoms with E-state index in [9.17, 15) is 9.59 Å². The quantitative estimate of drug-likeness (QED) is 0.681. The number of aliphatic carboxylic acids is 1. The number of carboxylic acids is 1. The third-order valence-corrected chi connectivity index (χ3v) is 4.14. The van der Waals surface area contributed by atoms with Crippen molar-refractivity contribution in [2.75, 3.05) is 18.6 Å². The number of thioether (sulfide) groups is 1. The molecule has 0 spiro atoms. The van der Waals surface area contributed by atoms with E-state index in [1.54, 1.807) is 11.8 Å². The van der Waals surface area contributed by atoms with Crippen LogP contribution in [0.5, 0.6) is 0 Å². The monoisotopic (exact) mass is 290 g/mol. The molecule has 2 amide bonds. The Hall–Kier alpha value is -0.950. The third-order valence-electron chi connectivity index (χ3n) is 3.50. The fourth-order valence-electron chi connectivity index (χ4n) is 1.95. The van der Waals surface area contributed by atoms with Crippen LogP contribution in [0.2, 0.25) is 0 Å². The Morgan fingerprint density at radius 3 is 2.74 bits per heavy atom. The van der Waals surface area contributed by atoms with Crippen molar-refractivity contribution >= 4 is 23.8 Å². The highest BCUT2D eigenvalue weighted by Gasteiger charge is 2.38. The Morgan fingerprint density at radius 2 is 2.26 bits per heavy atom. The first kappa shape index (κ1) is 16.1. The van der Waals surface area contributed by atoms with Crippen molar-refractivity contribution in [2.24, 2.45) is 0 Å². The Kier molecular flexibility index (Phi) is 5.93. The summed E-state index contributed by atoms with van der Waals surface area (Å²) in [7, 11) is 0. The summed E-state index contributed by atoms with van der Waals surface area (Å²) in [6.45, 7) is 4.41. The molecule has 1 rings (SSSR count). The lowest BCUT2D eigenvalue weighted by molar-refractivity contribution is -0.139. The van der Waals surface area contributed by atoms with Crippen LogP contribution in [0.3, 0.4) is 0 Å². The third kappa shape index (κ3) is 4.58. The molecule has 110 valence electrons. The summed E-state index contributed by atoms with van der Waals surface area (Å²) in [6.07, 6.45) is 2.96. The van der Waals surface area contributed by atoms with Crippen molar-refractivity contribution < 1.29 is 19.4 Å². The minimum Gasteiger partial charge on any atom is -0.480 e. The number of nitrogens with one attached hydrogen (secondary N) is 2. The van der Waals surface area contributed by atoms with Gasteiger partial charge in [0.05, 0.1) is 11.6 Å². The second-order valence-corrected chi connectivity index (χ2v) is 5.94. The minimum absolute atomic E-state index is 0.0762. The van der Waals surface area contributed by atoms with Gasteiger partial charge in [-0.1, -0.05) is 0 Å². The van der Waals surface area contributed by atoms with Gasteiger partial charge in [0.1, 0.15) is 6.04 Å². The molecule has 0 saturated carbocycles. The number of rotatable bonds is 6. The van der Waals surface area contributed by atoms with Gasteiger partial charge in [0.25, 0.3) is 0 Å². The van der Waals surface area contributed by atoms with Crippen molar-refractivity contribution in [2.45, 2.75) is 44.4 Å². The predicted octanol–water partition coefficient (Wildman–Crippen LogP) is 1.06. The van der Waals surface area contributed by atoms with Gasteiger partial charge in [0.15, 0.2) is 0 Å². The predicted molar refractivity (Wildman–Crippen MR) is 74.5 cm³/mol. The van der Waals surface area contributed by atoms with E-state index in [1.807, 2.05) is 20.1 Å². The first-order valence-electron chi connectivity index (χ1n) is 6.31. The SMILES string of the molecule is CSCC[C@H](NC(=O)NC1(C)CCOC1C)C(=O)O. The smallest absolute Gasteiger partial charge is 0.326 e. The van der Waals surface area contributed by atoms with Crippen LogP contribution in [0.1, 0.15) is 26.7 Å². The zero-order valence-electron chi connectivity index (χ0n) is 11.6. The van der Waals surface area contributed by atoms with Crippen LogP contribution >= 0.6 is 11.8 Å². The molecule has 7 heteroatoms. The molecule has 0 aromatic carbocycles. The summed E-state index contributed by atoms with van der Waals surface area (Å²) in [4.78, 5) is 22.9. The van der Waals surface area contributed by atoms with Crippen molar-refractivity contribution in [1.29, 1.82) is 0 Å². The van der Waals surface area contributed by atoms with E-state index in [-0.39, 0.29) is 6.10 Å². The molecular formula is C12H22N2O4S. The summed E-state index contributed by atoms with van der Waals surface area (Å²) in [5, 5.41) is 14.4. The summed E-state index contributed by atoms with van der Waals surface area (Å²) in [5.41, 5.74) is -0.438. The van der Waals surface area contributed by atoms with Gasteiger partial charge in [-0.3, -0.25) is 0 Å². The Bertz CT molecular complexity index is 340. The molecule has 0 radical (unpaired) electrons. The van der Waals surface area contributed by atoms with Crippen LogP contribution < -0.4 is 10.6 Å². The number of hydrogen-bond donors (Lipinski definition) is 3. The molecular weight excluding hydrogens is 268 g/mol. The molecule has 3 atom stereocenters. The number of carbonyl (C=O) groups is 2. The van der Waals surface area contributed by atoms with Gasteiger partial charge in [-0.25, -0.2) is 9.59 Å². The lowest BCUT2D eigenvalue weighted by atomic mass is 9.95. The van der Waals surface area contributed by atoms with E-state index in [0.29, 0.717) is 18.8 Å². The zero-order valence-corrected chi connectivity index (χ0v) is 12.4. The van der Waals surface area contributed by atoms with Crippen LogP contribution in [0.4, 0.5) is 4.79 Å². The van der Waals surface area contributed by atoms with Gasteiger partial charge >= 0.3 is 12.0 Å². The highest BCUT2D eigenvalue weighted by Crippen LogP contribution is 2.24. The molecule has 1 heterocycles. The molecule has 0 aromatic heterocycles. The van der Waals surface area contributed by atoms with Gasteiger partial charge in [-0.05, 0) is 38.7 Å². The Labute approximate surface area is 117 Å². The molecule has 0 aromatic rings. The lowest BCUT2D eigenvalue weighted by Gasteiger charge is -2.29. The molecule has 1 fully saturated rings. The summed E-state index contributed by atoms with van der Waals surface area (Å²) in [5.74, 6) is -0.321. The van der Waals surface area contributed by atoms with Crippen LogP contribution in [-0.4, -0.2) is 53.4 Å². The molecule has 2 unspecified atom stereocenters. The maximum absolute atomic E-state index is 11.9. The number of hydrogen-bond acceptors (Lipinski definition) is 4. The van der Waals surface area contributed by atoms with Crippen molar-refractivity contribution in [3.05, 3.63) is 0 Å². The van der Waals surface area contributed by atoms with Crippen LogP contribution in [-0.2, 0) is 9.53 Å². The van der Waals surface area contributed by atoms with E-state index in [1.165, 1.54) is 0 Å². The molecule has 3 N–H and O–H groups in total. The average molecular weight is 290 g/mol. The van der Waals surface area contributed by atoms with E-state index in [4.69, 9.17) is 9.84 Å². The normalized spacial score (nSPS) is 27.8. The largest absolute Gasteiger partial charge is 0.480 e. The first-order chi connectivity index (χ1) is 8.89. The molecule has 6 nitrogen and oxygen atoms in total. The van der Waals surface area contributed by atoms with Crippen molar-refractivity contribution in [1.82, 2.24) is 10.6 Å². The Balaban J connectivity index is 2.50. The molecule has 0 aliphatic carbocycles. The summed E-state index contributed by atoms with van der Waals surface area (Å²) in [6, 6.07) is -1.30. The average Bonchev–Trinajstić information content (AvgIpc) is 2.64. The molecule has 19 heavy (non-hydrogen) atoms. The standard InChI is InChI=1S/C12H22N2O4S/c1-8-12(2,5-6-18-8)14-11(17)13-9(10(15)16)4-7-19-3/h8-9H,4-7H2,1-3H3,(H,15,16)(H2,13,14,17)/t8?,9-,12?/m0/s1. The van der Waals surface area contributed by atoms with Crippen molar-refractivity contribution in [3.8, 4) is 0 Å². The van der Waals surface area contributed by atoms with E-state index in [2.05, 4.69) is 10.6 Å². The van der Waals surface area contributed by atoms with Crippen LogP contribution in [0.15, 0.2) is 0 Å². The van der Waals surface area contributed by atoms with Crippen LogP contribution in [0, 0.1) is 0 Å². The van der Waals surface area contributed by atoms with Gasteiger partial charge in [-0.15, -0.1) is 0 Å².